The Labute approximate surface area is 120 Å². The number of esters is 1. The minimum Gasteiger partial charge on any atom is -0.468 e. The molecule has 6 nitrogen and oxygen atoms in total. The Balaban J connectivity index is 2.67. The Morgan fingerprint density at radius 2 is 2.30 bits per heavy atom. The summed E-state index contributed by atoms with van der Waals surface area (Å²) in [5, 5.41) is 6.79. The number of hydrogen-bond donors (Lipinski definition) is 1. The summed E-state index contributed by atoms with van der Waals surface area (Å²) >= 11 is 0. The molecule has 0 aromatic carbocycles. The van der Waals surface area contributed by atoms with Crippen molar-refractivity contribution in [3.63, 3.8) is 0 Å². The van der Waals surface area contributed by atoms with Crippen LogP contribution in [0.15, 0.2) is 5.11 Å². The molecule has 20 heavy (non-hydrogen) atoms. The van der Waals surface area contributed by atoms with E-state index in [-0.39, 0.29) is 5.97 Å². The molecule has 0 aromatic heterocycles. The van der Waals surface area contributed by atoms with Gasteiger partial charge in [-0.25, -0.2) is 0 Å². The minimum atomic E-state index is -0.595. The molecule has 1 saturated carbocycles. The highest BCUT2D eigenvalue weighted by Gasteiger charge is 2.40. The predicted molar refractivity (Wildman–Crippen MR) is 78.2 cm³/mol. The quantitative estimate of drug-likeness (QED) is 0.194. The molecule has 0 bridgehead atoms. The van der Waals surface area contributed by atoms with E-state index in [2.05, 4.69) is 22.3 Å². The van der Waals surface area contributed by atoms with Gasteiger partial charge >= 0.3 is 5.97 Å². The lowest BCUT2D eigenvalue weighted by molar-refractivity contribution is -0.149. The van der Waals surface area contributed by atoms with Crippen LogP contribution in [0.25, 0.3) is 10.4 Å². The Morgan fingerprint density at radius 1 is 1.50 bits per heavy atom. The number of methoxy groups -OCH3 is 1. The first-order valence-electron chi connectivity index (χ1n) is 7.53. The molecule has 0 spiro atoms. The van der Waals surface area contributed by atoms with Crippen LogP contribution in [0.5, 0.6) is 0 Å². The van der Waals surface area contributed by atoms with Crippen molar-refractivity contribution in [2.24, 2.45) is 11.0 Å². The van der Waals surface area contributed by atoms with Gasteiger partial charge in [-0.1, -0.05) is 37.7 Å². The summed E-state index contributed by atoms with van der Waals surface area (Å²) in [4.78, 5) is 14.9. The molecule has 0 amide bonds. The fourth-order valence-corrected chi connectivity index (χ4v) is 3.15. The summed E-state index contributed by atoms with van der Waals surface area (Å²) in [6, 6.07) is 0. The van der Waals surface area contributed by atoms with Crippen molar-refractivity contribution in [3.05, 3.63) is 10.4 Å². The van der Waals surface area contributed by atoms with Crippen molar-refractivity contribution in [3.8, 4) is 0 Å². The molecule has 0 heterocycles. The Morgan fingerprint density at radius 3 is 2.95 bits per heavy atom. The molecule has 1 fully saturated rings. The molecule has 114 valence electrons. The van der Waals surface area contributed by atoms with Gasteiger partial charge in [-0.05, 0) is 30.7 Å². The van der Waals surface area contributed by atoms with Gasteiger partial charge in [0.2, 0.25) is 0 Å². The summed E-state index contributed by atoms with van der Waals surface area (Å²) in [6.45, 7) is 3.07. The third kappa shape index (κ3) is 4.69. The van der Waals surface area contributed by atoms with E-state index in [9.17, 15) is 4.79 Å². The van der Waals surface area contributed by atoms with E-state index >= 15 is 0 Å². The van der Waals surface area contributed by atoms with Crippen molar-refractivity contribution in [1.82, 2.24) is 5.32 Å². The molecule has 1 aliphatic rings. The number of carbonyl (C=O) groups is 1. The molecule has 1 aliphatic carbocycles. The molecule has 0 aliphatic heterocycles. The van der Waals surface area contributed by atoms with Gasteiger partial charge in [-0.2, -0.15) is 0 Å². The molecule has 0 aromatic rings. The van der Waals surface area contributed by atoms with Crippen LogP contribution in [-0.4, -0.2) is 31.7 Å². The Hall–Kier alpha value is -1.26. The van der Waals surface area contributed by atoms with Gasteiger partial charge in [-0.15, -0.1) is 0 Å². The van der Waals surface area contributed by atoms with Gasteiger partial charge < -0.3 is 10.1 Å². The van der Waals surface area contributed by atoms with E-state index in [1.807, 2.05) is 0 Å². The highest BCUT2D eigenvalue weighted by atomic mass is 16.5. The second kappa shape index (κ2) is 8.82. The normalized spacial score (nSPS) is 26.4. The first-order valence-corrected chi connectivity index (χ1v) is 7.53. The van der Waals surface area contributed by atoms with Crippen LogP contribution in [0.1, 0.15) is 51.9 Å². The van der Waals surface area contributed by atoms with Gasteiger partial charge in [0.25, 0.3) is 0 Å². The maximum absolute atomic E-state index is 12.2. The summed E-state index contributed by atoms with van der Waals surface area (Å²) < 4.78 is 5.00. The molecule has 1 rings (SSSR count). The number of hydrogen-bond acceptors (Lipinski definition) is 4. The van der Waals surface area contributed by atoms with E-state index in [0.29, 0.717) is 19.0 Å². The number of rotatable bonds is 7. The minimum absolute atomic E-state index is 0.185. The second-order valence-corrected chi connectivity index (χ2v) is 5.54. The van der Waals surface area contributed by atoms with E-state index in [4.69, 9.17) is 10.3 Å². The summed E-state index contributed by atoms with van der Waals surface area (Å²) in [7, 11) is 1.44. The van der Waals surface area contributed by atoms with Crippen molar-refractivity contribution in [2.75, 3.05) is 20.2 Å². The standard InChI is InChI=1S/C14H26N4O2/c1-3-5-12-6-4-8-14(9-7-12,13(19)20-2)16-10-11-17-18-15/h12,16H,3-11H2,1-2H3. The van der Waals surface area contributed by atoms with E-state index < -0.39 is 5.54 Å². The van der Waals surface area contributed by atoms with E-state index in [1.54, 1.807) is 0 Å². The average Bonchev–Trinajstić information content (AvgIpc) is 2.67. The van der Waals surface area contributed by atoms with Crippen LogP contribution in [0, 0.1) is 5.92 Å². The molecular formula is C14H26N4O2. The van der Waals surface area contributed by atoms with Crippen molar-refractivity contribution < 1.29 is 9.53 Å². The van der Waals surface area contributed by atoms with Crippen molar-refractivity contribution >= 4 is 5.97 Å². The van der Waals surface area contributed by atoms with Crippen LogP contribution < -0.4 is 5.32 Å². The first kappa shape index (κ1) is 16.8. The monoisotopic (exact) mass is 282 g/mol. The Kier molecular flexibility index (Phi) is 7.41. The molecule has 6 heteroatoms. The van der Waals surface area contributed by atoms with Crippen LogP contribution in [0.3, 0.4) is 0 Å². The highest BCUT2D eigenvalue weighted by Crippen LogP contribution is 2.33. The second-order valence-electron chi connectivity index (χ2n) is 5.54. The summed E-state index contributed by atoms with van der Waals surface area (Å²) in [5.41, 5.74) is 7.71. The van der Waals surface area contributed by atoms with Gasteiger partial charge in [0, 0.05) is 18.0 Å². The predicted octanol–water partition coefficient (Wildman–Crippen LogP) is 3.18. The SMILES string of the molecule is CCCC1CCCC(NCCN=[N+]=[N-])(C(=O)OC)CC1. The number of azide groups is 1. The molecule has 2 atom stereocenters. The average molecular weight is 282 g/mol. The third-order valence-corrected chi connectivity index (χ3v) is 4.21. The van der Waals surface area contributed by atoms with Gasteiger partial charge in [0.15, 0.2) is 0 Å². The zero-order valence-electron chi connectivity index (χ0n) is 12.6. The third-order valence-electron chi connectivity index (χ3n) is 4.21. The van der Waals surface area contributed by atoms with Crippen LogP contribution in [0.2, 0.25) is 0 Å². The fraction of sp³-hybridized carbons (Fsp3) is 0.929. The summed E-state index contributed by atoms with van der Waals surface area (Å²) in [6.07, 6.45) is 7.31. The lowest BCUT2D eigenvalue weighted by Gasteiger charge is -2.31. The topological polar surface area (TPSA) is 87.1 Å². The maximum atomic E-state index is 12.2. The van der Waals surface area contributed by atoms with Gasteiger partial charge in [0.05, 0.1) is 7.11 Å². The van der Waals surface area contributed by atoms with E-state index in [0.717, 1.165) is 25.7 Å². The van der Waals surface area contributed by atoms with Crippen molar-refractivity contribution in [2.45, 2.75) is 57.4 Å². The molecule has 2 unspecified atom stereocenters. The zero-order chi connectivity index (χ0) is 14.8. The fourth-order valence-electron chi connectivity index (χ4n) is 3.15. The van der Waals surface area contributed by atoms with E-state index in [1.165, 1.54) is 26.4 Å². The zero-order valence-corrected chi connectivity index (χ0v) is 12.6. The van der Waals surface area contributed by atoms with Crippen LogP contribution >= 0.6 is 0 Å². The largest absolute Gasteiger partial charge is 0.468 e. The number of nitrogens with one attached hydrogen (secondary N) is 1. The molecule has 1 N–H and O–H groups in total. The first-order chi connectivity index (χ1) is 9.68. The highest BCUT2D eigenvalue weighted by molar-refractivity contribution is 5.80. The number of ether oxygens (including phenoxy) is 1. The smallest absolute Gasteiger partial charge is 0.326 e. The Bertz CT molecular complexity index is 355. The molecular weight excluding hydrogens is 256 g/mol. The number of carbonyl (C=O) groups excluding carboxylic acids is 1. The van der Waals surface area contributed by atoms with Crippen molar-refractivity contribution in [1.29, 1.82) is 0 Å². The maximum Gasteiger partial charge on any atom is 0.326 e. The van der Waals surface area contributed by atoms with Crippen LogP contribution in [0.4, 0.5) is 0 Å². The molecule has 0 radical (unpaired) electrons. The van der Waals surface area contributed by atoms with Gasteiger partial charge in [0.1, 0.15) is 5.54 Å². The van der Waals surface area contributed by atoms with Gasteiger partial charge in [-0.3, -0.25) is 4.79 Å². The lowest BCUT2D eigenvalue weighted by Crippen LogP contribution is -2.53. The molecule has 0 saturated heterocycles. The van der Waals surface area contributed by atoms with Crippen LogP contribution in [-0.2, 0) is 9.53 Å². The summed E-state index contributed by atoms with van der Waals surface area (Å²) in [5.74, 6) is 0.529. The lowest BCUT2D eigenvalue weighted by atomic mass is 9.89. The number of nitrogens with zero attached hydrogens (tertiary/aromatic N) is 3.